The maximum absolute atomic E-state index is 12.5. The lowest BCUT2D eigenvalue weighted by molar-refractivity contribution is -0.185. The molecule has 2 aromatic carbocycles. The molecule has 0 unspecified atom stereocenters. The minimum Gasteiger partial charge on any atom is -0.494 e. The zero-order valence-corrected chi connectivity index (χ0v) is 16.4. The van der Waals surface area contributed by atoms with E-state index in [2.05, 4.69) is 5.32 Å². The molecule has 1 heterocycles. The summed E-state index contributed by atoms with van der Waals surface area (Å²) in [6.07, 6.45) is -4.84. The normalized spacial score (nSPS) is 14.4. The Balaban J connectivity index is 1.57. The van der Waals surface area contributed by atoms with Crippen molar-refractivity contribution in [3.8, 4) is 5.75 Å². The lowest BCUT2D eigenvalue weighted by atomic mass is 10.2. The van der Waals surface area contributed by atoms with Gasteiger partial charge in [0.15, 0.2) is 0 Å². The average Bonchev–Trinajstić information content (AvgIpc) is 2.74. The van der Waals surface area contributed by atoms with Gasteiger partial charge in [0.25, 0.3) is 5.91 Å². The predicted molar refractivity (Wildman–Crippen MR) is 107 cm³/mol. The van der Waals surface area contributed by atoms with Crippen LogP contribution in [0.1, 0.15) is 17.3 Å². The number of hydrogen-bond acceptors (Lipinski definition) is 4. The van der Waals surface area contributed by atoms with E-state index in [1.807, 2.05) is 11.8 Å². The number of hydrogen-bond donors (Lipinski definition) is 1. The zero-order valence-electron chi connectivity index (χ0n) is 16.4. The molecule has 1 aliphatic rings. The van der Waals surface area contributed by atoms with E-state index in [0.717, 1.165) is 10.6 Å². The Labute approximate surface area is 172 Å². The number of piperazine rings is 1. The summed E-state index contributed by atoms with van der Waals surface area (Å²) in [5, 5.41) is 2.81. The number of amides is 2. The molecule has 0 saturated carbocycles. The standard InChI is InChI=1S/C21H22F3N3O3/c1-2-30-18-5-3-4-15(14-18)19(28)25-16-6-8-17(9-7-16)26-10-12-27(13-11-26)20(29)21(22,23)24/h3-9,14H,2,10-13H2,1H3,(H,25,28). The van der Waals surface area contributed by atoms with E-state index >= 15 is 0 Å². The molecule has 0 atom stereocenters. The van der Waals surface area contributed by atoms with Crippen molar-refractivity contribution in [2.24, 2.45) is 0 Å². The molecule has 1 saturated heterocycles. The maximum atomic E-state index is 12.5. The summed E-state index contributed by atoms with van der Waals surface area (Å²) in [7, 11) is 0. The Morgan fingerprint density at radius 1 is 1.03 bits per heavy atom. The molecule has 6 nitrogen and oxygen atoms in total. The first-order valence-corrected chi connectivity index (χ1v) is 9.53. The Morgan fingerprint density at radius 2 is 1.70 bits per heavy atom. The molecule has 160 valence electrons. The van der Waals surface area contributed by atoms with E-state index in [9.17, 15) is 22.8 Å². The fraction of sp³-hybridized carbons (Fsp3) is 0.333. The van der Waals surface area contributed by atoms with Gasteiger partial charge in [-0.1, -0.05) is 6.07 Å². The van der Waals surface area contributed by atoms with Crippen LogP contribution in [0.15, 0.2) is 48.5 Å². The van der Waals surface area contributed by atoms with E-state index in [-0.39, 0.29) is 19.0 Å². The monoisotopic (exact) mass is 421 g/mol. The van der Waals surface area contributed by atoms with Gasteiger partial charge in [0.2, 0.25) is 0 Å². The molecular weight excluding hydrogens is 399 g/mol. The van der Waals surface area contributed by atoms with Crippen molar-refractivity contribution in [1.29, 1.82) is 0 Å². The number of carbonyl (C=O) groups excluding carboxylic acids is 2. The molecule has 0 aromatic heterocycles. The van der Waals surface area contributed by atoms with Crippen molar-refractivity contribution in [3.05, 3.63) is 54.1 Å². The summed E-state index contributed by atoms with van der Waals surface area (Å²) < 4.78 is 43.0. The summed E-state index contributed by atoms with van der Waals surface area (Å²) in [6.45, 7) is 2.99. The summed E-state index contributed by atoms with van der Waals surface area (Å²) in [6, 6.07) is 13.9. The first kappa shape index (κ1) is 21.5. The molecule has 1 aliphatic heterocycles. The third-order valence-corrected chi connectivity index (χ3v) is 4.71. The number of anilines is 2. The number of carbonyl (C=O) groups is 2. The van der Waals surface area contributed by atoms with Crippen LogP contribution in [0, 0.1) is 0 Å². The lowest BCUT2D eigenvalue weighted by Crippen LogP contribution is -2.52. The highest BCUT2D eigenvalue weighted by Gasteiger charge is 2.43. The van der Waals surface area contributed by atoms with E-state index in [1.54, 1.807) is 48.5 Å². The lowest BCUT2D eigenvalue weighted by Gasteiger charge is -2.36. The van der Waals surface area contributed by atoms with Crippen molar-refractivity contribution < 1.29 is 27.5 Å². The average molecular weight is 421 g/mol. The van der Waals surface area contributed by atoms with Crippen molar-refractivity contribution >= 4 is 23.2 Å². The smallest absolute Gasteiger partial charge is 0.471 e. The molecule has 1 N–H and O–H groups in total. The third kappa shape index (κ3) is 5.22. The second-order valence-corrected chi connectivity index (χ2v) is 6.74. The summed E-state index contributed by atoms with van der Waals surface area (Å²) in [4.78, 5) is 26.5. The van der Waals surface area contributed by atoms with Gasteiger partial charge in [-0.05, 0) is 49.4 Å². The van der Waals surface area contributed by atoms with Crippen LogP contribution in [-0.2, 0) is 4.79 Å². The van der Waals surface area contributed by atoms with E-state index in [1.165, 1.54) is 0 Å². The number of ether oxygens (including phenoxy) is 1. The Morgan fingerprint density at radius 3 is 2.30 bits per heavy atom. The fourth-order valence-corrected chi connectivity index (χ4v) is 3.20. The van der Waals surface area contributed by atoms with Gasteiger partial charge in [-0.25, -0.2) is 0 Å². The highest BCUT2D eigenvalue weighted by molar-refractivity contribution is 6.04. The topological polar surface area (TPSA) is 61.9 Å². The molecule has 2 aromatic rings. The molecule has 0 radical (unpaired) electrons. The highest BCUT2D eigenvalue weighted by atomic mass is 19.4. The molecule has 2 amide bonds. The number of benzene rings is 2. The van der Waals surface area contributed by atoms with Crippen molar-refractivity contribution in [2.75, 3.05) is 43.0 Å². The van der Waals surface area contributed by atoms with E-state index in [4.69, 9.17) is 4.74 Å². The van der Waals surface area contributed by atoms with Crippen molar-refractivity contribution in [2.45, 2.75) is 13.1 Å². The Kier molecular flexibility index (Phi) is 6.49. The van der Waals surface area contributed by atoms with Crippen LogP contribution >= 0.6 is 0 Å². The van der Waals surface area contributed by atoms with Gasteiger partial charge in [0.05, 0.1) is 6.61 Å². The van der Waals surface area contributed by atoms with Crippen LogP contribution in [0.25, 0.3) is 0 Å². The molecule has 30 heavy (non-hydrogen) atoms. The fourth-order valence-electron chi connectivity index (χ4n) is 3.20. The minimum absolute atomic E-state index is 0.00695. The Bertz CT molecular complexity index is 892. The van der Waals surface area contributed by atoms with Gasteiger partial charge >= 0.3 is 12.1 Å². The van der Waals surface area contributed by atoms with E-state index < -0.39 is 12.1 Å². The summed E-state index contributed by atoms with van der Waals surface area (Å²) in [5.74, 6) is -1.46. The highest BCUT2D eigenvalue weighted by Crippen LogP contribution is 2.23. The van der Waals surface area contributed by atoms with Crippen LogP contribution < -0.4 is 15.0 Å². The van der Waals surface area contributed by atoms with Gasteiger partial charge in [-0.2, -0.15) is 13.2 Å². The molecule has 1 fully saturated rings. The van der Waals surface area contributed by atoms with Gasteiger partial charge in [0, 0.05) is 43.1 Å². The van der Waals surface area contributed by atoms with Crippen molar-refractivity contribution in [1.82, 2.24) is 4.90 Å². The quantitative estimate of drug-likeness (QED) is 0.802. The zero-order chi connectivity index (χ0) is 21.7. The van der Waals surface area contributed by atoms with Gasteiger partial charge < -0.3 is 19.9 Å². The summed E-state index contributed by atoms with van der Waals surface area (Å²) in [5.41, 5.74) is 1.87. The van der Waals surface area contributed by atoms with E-state index in [0.29, 0.717) is 36.7 Å². The number of halogens is 3. The first-order chi connectivity index (χ1) is 14.3. The summed E-state index contributed by atoms with van der Waals surface area (Å²) >= 11 is 0. The van der Waals surface area contributed by atoms with Gasteiger partial charge in [-0.15, -0.1) is 0 Å². The third-order valence-electron chi connectivity index (χ3n) is 4.71. The van der Waals surface area contributed by atoms with Gasteiger partial charge in [0.1, 0.15) is 5.75 Å². The largest absolute Gasteiger partial charge is 0.494 e. The molecule has 0 aliphatic carbocycles. The maximum Gasteiger partial charge on any atom is 0.471 e. The Hall–Kier alpha value is -3.23. The van der Waals surface area contributed by atoms with Crippen molar-refractivity contribution in [3.63, 3.8) is 0 Å². The molecule has 3 rings (SSSR count). The first-order valence-electron chi connectivity index (χ1n) is 9.53. The van der Waals surface area contributed by atoms with Crippen LogP contribution in [-0.4, -0.2) is 55.7 Å². The van der Waals surface area contributed by atoms with Crippen LogP contribution in [0.3, 0.4) is 0 Å². The SMILES string of the molecule is CCOc1cccc(C(=O)Nc2ccc(N3CCN(C(=O)C(F)(F)F)CC3)cc2)c1. The molecular formula is C21H22F3N3O3. The number of nitrogens with zero attached hydrogens (tertiary/aromatic N) is 2. The minimum atomic E-state index is -4.84. The number of alkyl halides is 3. The predicted octanol–water partition coefficient (Wildman–Crippen LogP) is 3.55. The van der Waals surface area contributed by atoms with Gasteiger partial charge in [-0.3, -0.25) is 9.59 Å². The second kappa shape index (κ2) is 9.06. The molecule has 0 spiro atoms. The number of rotatable bonds is 5. The number of nitrogens with one attached hydrogen (secondary N) is 1. The van der Waals surface area contributed by atoms with Crippen LogP contribution in [0.5, 0.6) is 5.75 Å². The molecule has 0 bridgehead atoms. The van der Waals surface area contributed by atoms with Crippen LogP contribution in [0.2, 0.25) is 0 Å². The molecule has 9 heteroatoms. The van der Waals surface area contributed by atoms with Crippen LogP contribution in [0.4, 0.5) is 24.5 Å². The second-order valence-electron chi connectivity index (χ2n) is 6.74.